The number of carbonyl (C=O) groups excluding carboxylic acids is 2. The second-order valence-corrected chi connectivity index (χ2v) is 16.8. The molecule has 172 valence electrons. The largest absolute Gasteiger partial charge is 0.497 e. The van der Waals surface area contributed by atoms with E-state index in [1.54, 1.807) is 37.4 Å². The molecule has 0 radical (unpaired) electrons. The topological polar surface area (TPSA) is 61.8 Å². The normalized spacial score (nSPS) is 11.7. The fourth-order valence-corrected chi connectivity index (χ4v) is 12.5. The van der Waals surface area contributed by atoms with Gasteiger partial charge in [-0.1, -0.05) is 48.5 Å². The van der Waals surface area contributed by atoms with Gasteiger partial charge >= 0.3 is 5.97 Å². The van der Waals surface area contributed by atoms with Crippen molar-refractivity contribution in [1.29, 1.82) is 0 Å². The summed E-state index contributed by atoms with van der Waals surface area (Å²) in [6.07, 6.45) is 0. The average Bonchev–Trinajstić information content (AvgIpc) is 2.78. The number of para-hydroxylation sites is 2. The third-order valence-electron chi connectivity index (χ3n) is 5.51. The number of hydrogen-bond donors (Lipinski definition) is 0. The van der Waals surface area contributed by atoms with Gasteiger partial charge in [0.05, 0.1) is 12.7 Å². The van der Waals surface area contributed by atoms with Gasteiger partial charge in [-0.15, -0.1) is 0 Å². The molecule has 0 atom stereocenters. The number of esters is 1. The van der Waals surface area contributed by atoms with Crippen LogP contribution in [0.4, 0.5) is 0 Å². The molecular formula is C26H30O5Si2. The Morgan fingerprint density at radius 2 is 1.21 bits per heavy atom. The first-order valence-electron chi connectivity index (χ1n) is 10.8. The van der Waals surface area contributed by atoms with Gasteiger partial charge in [-0.3, -0.25) is 4.79 Å². The standard InChI is InChI=1S/C26H30O5Si2/c1-19(27)20-12-11-13-21(18-20)26(28)30-23-15-8-10-17-25(23)33(5,6)31-32(3,4)24-16-9-7-14-22(24)29-2/h7-18H,1-6H3. The fourth-order valence-electron chi connectivity index (χ4n) is 3.97. The first kappa shape index (κ1) is 24.6. The average molecular weight is 479 g/mol. The number of benzene rings is 3. The second kappa shape index (κ2) is 9.86. The van der Waals surface area contributed by atoms with Crippen LogP contribution in [-0.2, 0) is 4.12 Å². The van der Waals surface area contributed by atoms with Crippen LogP contribution in [0.15, 0.2) is 72.8 Å². The van der Waals surface area contributed by atoms with E-state index in [-0.39, 0.29) is 5.78 Å². The van der Waals surface area contributed by atoms with Gasteiger partial charge in [-0.25, -0.2) is 4.79 Å². The van der Waals surface area contributed by atoms with Crippen molar-refractivity contribution in [3.63, 3.8) is 0 Å². The van der Waals surface area contributed by atoms with Crippen LogP contribution in [0.5, 0.6) is 11.5 Å². The fraction of sp³-hybridized carbons (Fsp3) is 0.231. The molecule has 0 aliphatic rings. The van der Waals surface area contributed by atoms with E-state index in [1.165, 1.54) is 6.92 Å². The maximum atomic E-state index is 12.9. The van der Waals surface area contributed by atoms with E-state index in [2.05, 4.69) is 32.3 Å². The molecule has 7 heteroatoms. The molecule has 0 heterocycles. The van der Waals surface area contributed by atoms with E-state index in [1.807, 2.05) is 36.4 Å². The van der Waals surface area contributed by atoms with Crippen LogP contribution in [0.2, 0.25) is 26.2 Å². The highest BCUT2D eigenvalue weighted by atomic mass is 28.4. The molecule has 5 nitrogen and oxygen atoms in total. The van der Waals surface area contributed by atoms with E-state index in [0.29, 0.717) is 16.9 Å². The van der Waals surface area contributed by atoms with Gasteiger partial charge < -0.3 is 13.6 Å². The van der Waals surface area contributed by atoms with Crippen LogP contribution < -0.4 is 19.8 Å². The Morgan fingerprint density at radius 1 is 0.697 bits per heavy atom. The molecule has 0 aromatic heterocycles. The predicted octanol–water partition coefficient (Wildman–Crippen LogP) is 4.66. The minimum atomic E-state index is -2.50. The van der Waals surface area contributed by atoms with Crippen molar-refractivity contribution in [1.82, 2.24) is 0 Å². The summed E-state index contributed by atoms with van der Waals surface area (Å²) < 4.78 is 18.3. The summed E-state index contributed by atoms with van der Waals surface area (Å²) in [5, 5.41) is 1.99. The maximum absolute atomic E-state index is 12.9. The lowest BCUT2D eigenvalue weighted by atomic mass is 10.1. The molecule has 3 aromatic carbocycles. The van der Waals surface area contributed by atoms with Crippen molar-refractivity contribution < 1.29 is 23.2 Å². The quantitative estimate of drug-likeness (QED) is 0.204. The molecule has 0 bridgehead atoms. The van der Waals surface area contributed by atoms with E-state index in [0.717, 1.165) is 16.1 Å². The van der Waals surface area contributed by atoms with Gasteiger partial charge in [0.25, 0.3) is 0 Å². The first-order valence-corrected chi connectivity index (χ1v) is 16.6. The van der Waals surface area contributed by atoms with Crippen LogP contribution >= 0.6 is 0 Å². The zero-order chi connectivity index (χ0) is 24.2. The third-order valence-corrected chi connectivity index (χ3v) is 13.0. The van der Waals surface area contributed by atoms with Gasteiger partial charge in [0.1, 0.15) is 11.5 Å². The smallest absolute Gasteiger partial charge is 0.343 e. The highest BCUT2D eigenvalue weighted by molar-refractivity contribution is 6.97. The molecule has 0 fully saturated rings. The van der Waals surface area contributed by atoms with Crippen molar-refractivity contribution in [3.8, 4) is 11.5 Å². The Balaban J connectivity index is 1.90. The van der Waals surface area contributed by atoms with E-state index < -0.39 is 22.6 Å². The van der Waals surface area contributed by atoms with Gasteiger partial charge in [0, 0.05) is 15.9 Å². The van der Waals surface area contributed by atoms with Crippen molar-refractivity contribution in [2.45, 2.75) is 33.1 Å². The molecule has 0 N–H and O–H groups in total. The van der Waals surface area contributed by atoms with Crippen LogP contribution in [0.1, 0.15) is 27.6 Å². The number of carbonyl (C=O) groups is 2. The van der Waals surface area contributed by atoms with Gasteiger partial charge in [-0.2, -0.15) is 0 Å². The Labute approximate surface area is 197 Å². The van der Waals surface area contributed by atoms with Crippen molar-refractivity contribution in [2.75, 3.05) is 7.11 Å². The SMILES string of the molecule is COc1ccccc1[Si](C)(C)O[Si](C)(C)c1ccccc1OC(=O)c1cccc(C(C)=O)c1. The summed E-state index contributed by atoms with van der Waals surface area (Å²) in [4.78, 5) is 24.6. The number of rotatable bonds is 8. The second-order valence-electron chi connectivity index (χ2n) is 8.85. The molecule has 0 aliphatic heterocycles. The Bertz CT molecular complexity index is 1170. The zero-order valence-corrected chi connectivity index (χ0v) is 22.0. The molecule has 0 spiro atoms. The Hall–Kier alpha value is -3.01. The molecular weight excluding hydrogens is 448 g/mol. The van der Waals surface area contributed by atoms with E-state index >= 15 is 0 Å². The molecule has 0 unspecified atom stereocenters. The lowest BCUT2D eigenvalue weighted by molar-refractivity contribution is 0.0736. The lowest BCUT2D eigenvalue weighted by Crippen LogP contribution is -2.58. The van der Waals surface area contributed by atoms with Crippen molar-refractivity contribution in [3.05, 3.63) is 83.9 Å². The molecule has 33 heavy (non-hydrogen) atoms. The molecule has 3 aromatic rings. The minimum absolute atomic E-state index is 0.101. The van der Waals surface area contributed by atoms with E-state index in [4.69, 9.17) is 13.6 Å². The van der Waals surface area contributed by atoms with Gasteiger partial charge in [-0.05, 0) is 57.4 Å². The van der Waals surface area contributed by atoms with E-state index in [9.17, 15) is 9.59 Å². The summed E-state index contributed by atoms with van der Waals surface area (Å²) in [6, 6.07) is 22.1. The highest BCUT2D eigenvalue weighted by Crippen LogP contribution is 2.23. The Morgan fingerprint density at radius 3 is 1.79 bits per heavy atom. The van der Waals surface area contributed by atoms with Crippen LogP contribution in [0.3, 0.4) is 0 Å². The van der Waals surface area contributed by atoms with Crippen LogP contribution in [-0.4, -0.2) is 35.5 Å². The summed E-state index contributed by atoms with van der Waals surface area (Å²) in [7, 11) is -3.18. The molecule has 0 saturated heterocycles. The number of Topliss-reactive ketones (excluding diaryl/α,β-unsaturated/α-hetero) is 1. The number of hydrogen-bond acceptors (Lipinski definition) is 5. The number of ketones is 1. The molecule has 3 rings (SSSR count). The lowest BCUT2D eigenvalue weighted by Gasteiger charge is -2.35. The summed E-state index contributed by atoms with van der Waals surface area (Å²) >= 11 is 0. The minimum Gasteiger partial charge on any atom is -0.497 e. The van der Waals surface area contributed by atoms with Gasteiger partial charge in [0.15, 0.2) is 5.78 Å². The molecule has 0 amide bonds. The number of ether oxygens (including phenoxy) is 2. The van der Waals surface area contributed by atoms with Crippen LogP contribution in [0.25, 0.3) is 0 Å². The molecule has 0 aliphatic carbocycles. The summed E-state index contributed by atoms with van der Waals surface area (Å²) in [6.45, 7) is 10.0. The number of methoxy groups -OCH3 is 1. The first-order chi connectivity index (χ1) is 15.5. The highest BCUT2D eigenvalue weighted by Gasteiger charge is 2.39. The third kappa shape index (κ3) is 5.68. The van der Waals surface area contributed by atoms with Crippen molar-refractivity contribution >= 4 is 38.8 Å². The zero-order valence-electron chi connectivity index (χ0n) is 20.0. The predicted molar refractivity (Wildman–Crippen MR) is 136 cm³/mol. The van der Waals surface area contributed by atoms with Crippen LogP contribution in [0, 0.1) is 0 Å². The molecule has 0 saturated carbocycles. The monoisotopic (exact) mass is 478 g/mol. The summed E-state index contributed by atoms with van der Waals surface area (Å²) in [5.41, 5.74) is 0.807. The maximum Gasteiger partial charge on any atom is 0.343 e. The summed E-state index contributed by atoms with van der Waals surface area (Å²) in [5.74, 6) is 0.702. The Kier molecular flexibility index (Phi) is 7.36. The van der Waals surface area contributed by atoms with Gasteiger partial charge in [0.2, 0.25) is 16.6 Å². The van der Waals surface area contributed by atoms with Crippen molar-refractivity contribution in [2.24, 2.45) is 0 Å².